The van der Waals surface area contributed by atoms with Gasteiger partial charge in [-0.3, -0.25) is 4.90 Å². The number of fused-ring (bicyclic) bond motifs is 1. The quantitative estimate of drug-likeness (QED) is 0.859. The SMILES string of the molecule is CCN(CCn1c(=S)[nH]c2ccc(C#N)cc21)C1CC1. The predicted octanol–water partition coefficient (Wildman–Crippen LogP) is 3.05. The number of aromatic nitrogens is 2. The van der Waals surface area contributed by atoms with Gasteiger partial charge in [-0.2, -0.15) is 5.26 Å². The lowest BCUT2D eigenvalue weighted by molar-refractivity contribution is 0.267. The van der Waals surface area contributed by atoms with Crippen LogP contribution in [0.2, 0.25) is 0 Å². The Hall–Kier alpha value is -1.64. The molecule has 0 bridgehead atoms. The summed E-state index contributed by atoms with van der Waals surface area (Å²) in [5.74, 6) is 0. The Labute approximate surface area is 123 Å². The van der Waals surface area contributed by atoms with Crippen molar-refractivity contribution in [2.75, 3.05) is 13.1 Å². The van der Waals surface area contributed by atoms with E-state index in [2.05, 4.69) is 27.4 Å². The summed E-state index contributed by atoms with van der Waals surface area (Å²) in [7, 11) is 0. The second-order valence-electron chi connectivity index (χ2n) is 5.29. The molecule has 1 aromatic carbocycles. The van der Waals surface area contributed by atoms with Gasteiger partial charge >= 0.3 is 0 Å². The highest BCUT2D eigenvalue weighted by atomic mass is 32.1. The molecule has 0 radical (unpaired) electrons. The van der Waals surface area contributed by atoms with Gasteiger partial charge in [0.25, 0.3) is 0 Å². The van der Waals surface area contributed by atoms with Crippen molar-refractivity contribution < 1.29 is 0 Å². The Bertz CT molecular complexity index is 718. The summed E-state index contributed by atoms with van der Waals surface area (Å²) < 4.78 is 2.85. The fraction of sp³-hybridized carbons (Fsp3) is 0.467. The molecular weight excluding hydrogens is 268 g/mol. The molecule has 1 aliphatic carbocycles. The van der Waals surface area contributed by atoms with Gasteiger partial charge in [0.15, 0.2) is 4.77 Å². The second kappa shape index (κ2) is 5.39. The summed E-state index contributed by atoms with van der Waals surface area (Å²) in [6, 6.07) is 8.62. The fourth-order valence-corrected chi connectivity index (χ4v) is 3.01. The number of rotatable bonds is 5. The lowest BCUT2D eigenvalue weighted by Gasteiger charge is -2.20. The van der Waals surface area contributed by atoms with Crippen LogP contribution < -0.4 is 0 Å². The number of benzene rings is 1. The highest BCUT2D eigenvalue weighted by Gasteiger charge is 2.27. The number of hydrogen-bond donors (Lipinski definition) is 1. The van der Waals surface area contributed by atoms with Crippen molar-refractivity contribution in [1.29, 1.82) is 5.26 Å². The van der Waals surface area contributed by atoms with Gasteiger partial charge in [-0.25, -0.2) is 0 Å². The van der Waals surface area contributed by atoms with E-state index in [-0.39, 0.29) is 0 Å². The summed E-state index contributed by atoms with van der Waals surface area (Å²) in [6.45, 7) is 5.18. The van der Waals surface area contributed by atoms with Crippen LogP contribution in [0.4, 0.5) is 0 Å². The molecule has 0 saturated heterocycles. The molecule has 0 spiro atoms. The maximum absolute atomic E-state index is 9.03. The van der Waals surface area contributed by atoms with Crippen LogP contribution in [-0.2, 0) is 6.54 Å². The molecule has 0 atom stereocenters. The van der Waals surface area contributed by atoms with E-state index in [1.54, 1.807) is 0 Å². The van der Waals surface area contributed by atoms with Crippen LogP contribution in [0.3, 0.4) is 0 Å². The summed E-state index contributed by atoms with van der Waals surface area (Å²) >= 11 is 5.41. The van der Waals surface area contributed by atoms with Crippen molar-refractivity contribution in [1.82, 2.24) is 14.5 Å². The van der Waals surface area contributed by atoms with E-state index in [0.29, 0.717) is 5.56 Å². The van der Waals surface area contributed by atoms with E-state index >= 15 is 0 Å². The fourth-order valence-electron chi connectivity index (χ4n) is 2.71. The van der Waals surface area contributed by atoms with Crippen molar-refractivity contribution >= 4 is 23.3 Å². The number of nitrogens with zero attached hydrogens (tertiary/aromatic N) is 3. The molecule has 1 N–H and O–H groups in total. The predicted molar refractivity (Wildman–Crippen MR) is 82.1 cm³/mol. The average Bonchev–Trinajstić information content (AvgIpc) is 3.24. The monoisotopic (exact) mass is 286 g/mol. The zero-order valence-corrected chi connectivity index (χ0v) is 12.4. The Kier molecular flexibility index (Phi) is 3.60. The molecule has 0 unspecified atom stereocenters. The lowest BCUT2D eigenvalue weighted by atomic mass is 10.2. The number of hydrogen-bond acceptors (Lipinski definition) is 3. The van der Waals surface area contributed by atoms with Gasteiger partial charge in [0, 0.05) is 19.1 Å². The van der Waals surface area contributed by atoms with Crippen LogP contribution in [0.1, 0.15) is 25.3 Å². The summed E-state index contributed by atoms with van der Waals surface area (Å²) in [4.78, 5) is 5.72. The molecule has 104 valence electrons. The van der Waals surface area contributed by atoms with Gasteiger partial charge in [0.05, 0.1) is 22.7 Å². The minimum atomic E-state index is 0.676. The van der Waals surface area contributed by atoms with Crippen LogP contribution in [-0.4, -0.2) is 33.6 Å². The molecule has 0 aliphatic heterocycles. The topological polar surface area (TPSA) is 47.8 Å². The van der Waals surface area contributed by atoms with Gasteiger partial charge in [0.2, 0.25) is 0 Å². The van der Waals surface area contributed by atoms with Gasteiger partial charge in [-0.15, -0.1) is 0 Å². The van der Waals surface area contributed by atoms with Crippen molar-refractivity contribution in [3.05, 3.63) is 28.5 Å². The van der Waals surface area contributed by atoms with Gasteiger partial charge < -0.3 is 9.55 Å². The molecule has 1 aromatic heterocycles. The van der Waals surface area contributed by atoms with Crippen molar-refractivity contribution in [2.45, 2.75) is 32.4 Å². The lowest BCUT2D eigenvalue weighted by Crippen LogP contribution is -2.29. The normalized spacial score (nSPS) is 14.8. The molecule has 1 saturated carbocycles. The zero-order chi connectivity index (χ0) is 14.1. The maximum Gasteiger partial charge on any atom is 0.178 e. The van der Waals surface area contributed by atoms with Crippen LogP contribution in [0, 0.1) is 16.1 Å². The summed E-state index contributed by atoms with van der Waals surface area (Å²) in [6.07, 6.45) is 2.65. The highest BCUT2D eigenvalue weighted by Crippen LogP contribution is 2.26. The number of nitriles is 1. The van der Waals surface area contributed by atoms with Crippen LogP contribution >= 0.6 is 12.2 Å². The first kappa shape index (κ1) is 13.3. The minimum Gasteiger partial charge on any atom is -0.331 e. The Morgan fingerprint density at radius 3 is 2.95 bits per heavy atom. The van der Waals surface area contributed by atoms with E-state index in [0.717, 1.165) is 41.5 Å². The standard InChI is InChI=1S/C15H18N4S/c1-2-18(12-4-5-12)7-8-19-14-9-11(10-16)3-6-13(14)17-15(19)20/h3,6,9,12H,2,4-5,7-8H2,1H3,(H,17,20). The third-order valence-electron chi connectivity index (χ3n) is 3.98. The Morgan fingerprint density at radius 2 is 2.30 bits per heavy atom. The van der Waals surface area contributed by atoms with Crippen LogP contribution in [0.5, 0.6) is 0 Å². The second-order valence-corrected chi connectivity index (χ2v) is 5.67. The molecule has 1 heterocycles. The molecular formula is C15H18N4S. The Balaban J connectivity index is 1.88. The third-order valence-corrected chi connectivity index (χ3v) is 4.31. The van der Waals surface area contributed by atoms with Crippen LogP contribution in [0.15, 0.2) is 18.2 Å². The van der Waals surface area contributed by atoms with E-state index in [1.807, 2.05) is 18.2 Å². The number of aromatic amines is 1. The van der Waals surface area contributed by atoms with Gasteiger partial charge in [0.1, 0.15) is 0 Å². The third kappa shape index (κ3) is 2.49. The molecule has 2 aromatic rings. The molecule has 20 heavy (non-hydrogen) atoms. The first-order valence-electron chi connectivity index (χ1n) is 7.09. The van der Waals surface area contributed by atoms with Gasteiger partial charge in [-0.1, -0.05) is 6.92 Å². The minimum absolute atomic E-state index is 0.676. The molecule has 1 fully saturated rings. The van der Waals surface area contributed by atoms with Crippen molar-refractivity contribution in [3.63, 3.8) is 0 Å². The zero-order valence-electron chi connectivity index (χ0n) is 11.6. The first-order chi connectivity index (χ1) is 9.72. The highest BCUT2D eigenvalue weighted by molar-refractivity contribution is 7.71. The summed E-state index contributed by atoms with van der Waals surface area (Å²) in [5.41, 5.74) is 2.71. The Morgan fingerprint density at radius 1 is 1.50 bits per heavy atom. The van der Waals surface area contributed by atoms with Crippen molar-refractivity contribution in [3.8, 4) is 6.07 Å². The summed E-state index contributed by atoms with van der Waals surface area (Å²) in [5, 5.41) is 9.03. The van der Waals surface area contributed by atoms with Crippen molar-refractivity contribution in [2.24, 2.45) is 0 Å². The number of imidazole rings is 1. The number of H-pyrrole nitrogens is 1. The maximum atomic E-state index is 9.03. The number of likely N-dealkylation sites (N-methyl/N-ethyl adjacent to an activating group) is 1. The van der Waals surface area contributed by atoms with E-state index in [4.69, 9.17) is 17.5 Å². The van der Waals surface area contributed by atoms with E-state index < -0.39 is 0 Å². The molecule has 0 amide bonds. The van der Waals surface area contributed by atoms with E-state index in [9.17, 15) is 0 Å². The van der Waals surface area contributed by atoms with Gasteiger partial charge in [-0.05, 0) is 49.8 Å². The van der Waals surface area contributed by atoms with Crippen LogP contribution in [0.25, 0.3) is 11.0 Å². The largest absolute Gasteiger partial charge is 0.331 e. The number of nitrogens with one attached hydrogen (secondary N) is 1. The smallest absolute Gasteiger partial charge is 0.178 e. The molecule has 4 nitrogen and oxygen atoms in total. The molecule has 1 aliphatic rings. The molecule has 5 heteroatoms. The van der Waals surface area contributed by atoms with E-state index in [1.165, 1.54) is 12.8 Å². The molecule has 3 rings (SSSR count). The average molecular weight is 286 g/mol. The first-order valence-corrected chi connectivity index (χ1v) is 7.50.